The third-order valence-corrected chi connectivity index (χ3v) is 5.81. The van der Waals surface area contributed by atoms with Crippen molar-refractivity contribution >= 4 is 16.0 Å². The van der Waals surface area contributed by atoms with Crippen LogP contribution in [0.25, 0.3) is 0 Å². The van der Waals surface area contributed by atoms with E-state index in [0.717, 1.165) is 0 Å². The summed E-state index contributed by atoms with van der Waals surface area (Å²) in [6, 6.07) is 0.148. The lowest BCUT2D eigenvalue weighted by atomic mass is 9.94. The number of hydrogen-bond acceptors (Lipinski definition) is 4. The van der Waals surface area contributed by atoms with Crippen molar-refractivity contribution in [3.05, 3.63) is 0 Å². The average Bonchev–Trinajstić information content (AvgIpc) is 2.35. The minimum Gasteiger partial charge on any atom is -0.480 e. The molecule has 21 heavy (non-hydrogen) atoms. The highest BCUT2D eigenvalue weighted by Crippen LogP contribution is 2.23. The first-order valence-corrected chi connectivity index (χ1v) is 9.02. The molecule has 1 rings (SSSR count). The maximum atomic E-state index is 12.3. The number of likely N-dealkylation sites (N-methyl/N-ethyl adjacent to an activating group) is 1. The summed E-state index contributed by atoms with van der Waals surface area (Å²) in [5.41, 5.74) is 0.00704. The fraction of sp³-hybridized carbons (Fsp3) is 0.929. The molecule has 0 unspecified atom stereocenters. The van der Waals surface area contributed by atoms with E-state index in [-0.39, 0.29) is 23.8 Å². The zero-order chi connectivity index (χ0) is 16.3. The van der Waals surface area contributed by atoms with Crippen molar-refractivity contribution in [2.45, 2.75) is 46.1 Å². The van der Waals surface area contributed by atoms with Crippen molar-refractivity contribution in [1.82, 2.24) is 9.21 Å². The van der Waals surface area contributed by atoms with Gasteiger partial charge in [-0.2, -0.15) is 0 Å². The van der Waals surface area contributed by atoms with Crippen molar-refractivity contribution in [3.8, 4) is 0 Å². The molecule has 0 aromatic heterocycles. The second-order valence-electron chi connectivity index (χ2n) is 7.07. The maximum absolute atomic E-state index is 12.3. The average molecular weight is 320 g/mol. The zero-order valence-electron chi connectivity index (χ0n) is 13.5. The van der Waals surface area contributed by atoms with E-state index in [9.17, 15) is 13.2 Å². The van der Waals surface area contributed by atoms with E-state index in [1.807, 2.05) is 20.8 Å². The topological polar surface area (TPSA) is 77.9 Å². The van der Waals surface area contributed by atoms with Crippen LogP contribution in [0.15, 0.2) is 0 Å². The van der Waals surface area contributed by atoms with Crippen LogP contribution >= 0.6 is 0 Å². The van der Waals surface area contributed by atoms with Gasteiger partial charge in [-0.3, -0.25) is 9.69 Å². The molecule has 0 bridgehead atoms. The van der Waals surface area contributed by atoms with Crippen LogP contribution in [0.5, 0.6) is 0 Å². The minimum atomic E-state index is -3.19. The molecule has 1 aliphatic rings. The van der Waals surface area contributed by atoms with E-state index in [1.54, 1.807) is 16.3 Å². The van der Waals surface area contributed by atoms with E-state index < -0.39 is 16.0 Å². The van der Waals surface area contributed by atoms with E-state index in [1.165, 1.54) is 0 Å². The minimum absolute atomic E-state index is 0.00143. The SMILES string of the molecule is CN(CC(=O)O)C1CCN(S(=O)(=O)CCC(C)(C)C)CC1. The third kappa shape index (κ3) is 6.32. The summed E-state index contributed by atoms with van der Waals surface area (Å²) in [5.74, 6) is -0.663. The van der Waals surface area contributed by atoms with Crippen molar-refractivity contribution in [3.63, 3.8) is 0 Å². The van der Waals surface area contributed by atoms with Crippen LogP contribution < -0.4 is 0 Å². The van der Waals surface area contributed by atoms with Crippen LogP contribution in [0.2, 0.25) is 0 Å². The number of hydrogen-bond donors (Lipinski definition) is 1. The Balaban J connectivity index is 2.50. The van der Waals surface area contributed by atoms with Crippen LogP contribution in [0.3, 0.4) is 0 Å². The Bertz CT molecular complexity index is 448. The Morgan fingerprint density at radius 2 is 1.81 bits per heavy atom. The Labute approximate surface area is 128 Å². The molecule has 0 saturated carbocycles. The molecule has 0 aliphatic carbocycles. The second-order valence-corrected chi connectivity index (χ2v) is 9.15. The molecule has 1 saturated heterocycles. The standard InChI is InChI=1S/C14H28N2O4S/c1-14(2,3)7-10-21(19,20)16-8-5-12(6-9-16)15(4)11-13(17)18/h12H,5-11H2,1-4H3,(H,17,18). The molecule has 1 fully saturated rings. The first-order valence-electron chi connectivity index (χ1n) is 7.41. The number of carboxylic acid groups (broad SMARTS) is 1. The monoisotopic (exact) mass is 320 g/mol. The highest BCUT2D eigenvalue weighted by molar-refractivity contribution is 7.89. The van der Waals surface area contributed by atoms with Gasteiger partial charge in [-0.05, 0) is 31.7 Å². The Kier molecular flexibility index (Phi) is 6.19. The largest absolute Gasteiger partial charge is 0.480 e. The van der Waals surface area contributed by atoms with Gasteiger partial charge in [0, 0.05) is 19.1 Å². The van der Waals surface area contributed by atoms with Crippen molar-refractivity contribution < 1.29 is 18.3 Å². The fourth-order valence-electron chi connectivity index (χ4n) is 2.47. The fourth-order valence-corrected chi connectivity index (χ4v) is 4.36. The van der Waals surface area contributed by atoms with Gasteiger partial charge in [0.1, 0.15) is 0 Å². The quantitative estimate of drug-likeness (QED) is 0.796. The zero-order valence-corrected chi connectivity index (χ0v) is 14.3. The lowest BCUT2D eigenvalue weighted by Gasteiger charge is -2.35. The van der Waals surface area contributed by atoms with E-state index in [4.69, 9.17) is 5.11 Å². The Morgan fingerprint density at radius 1 is 1.29 bits per heavy atom. The van der Waals surface area contributed by atoms with Gasteiger partial charge < -0.3 is 5.11 Å². The van der Waals surface area contributed by atoms with Crippen LogP contribution in [-0.4, -0.2) is 67.2 Å². The molecule has 0 radical (unpaired) electrons. The predicted octanol–water partition coefficient (Wildman–Crippen LogP) is 1.23. The van der Waals surface area contributed by atoms with Crippen molar-refractivity contribution in [2.24, 2.45) is 5.41 Å². The van der Waals surface area contributed by atoms with E-state index in [2.05, 4.69) is 0 Å². The number of carbonyl (C=O) groups is 1. The van der Waals surface area contributed by atoms with Gasteiger partial charge in [-0.1, -0.05) is 20.8 Å². The van der Waals surface area contributed by atoms with Crippen LogP contribution in [0.1, 0.15) is 40.0 Å². The molecule has 0 atom stereocenters. The van der Waals surface area contributed by atoms with Crippen LogP contribution in [-0.2, 0) is 14.8 Å². The molecule has 0 aromatic carbocycles. The second kappa shape index (κ2) is 7.07. The van der Waals surface area contributed by atoms with Gasteiger partial charge in [0.05, 0.1) is 12.3 Å². The number of carboxylic acids is 1. The molecule has 1 heterocycles. The molecule has 1 N–H and O–H groups in total. The summed E-state index contributed by atoms with van der Waals surface area (Å²) in [7, 11) is -1.41. The Morgan fingerprint density at radius 3 is 2.24 bits per heavy atom. The van der Waals surface area contributed by atoms with Gasteiger partial charge in [0.25, 0.3) is 0 Å². The highest BCUT2D eigenvalue weighted by atomic mass is 32.2. The van der Waals surface area contributed by atoms with Gasteiger partial charge in [0.15, 0.2) is 0 Å². The molecule has 6 nitrogen and oxygen atoms in total. The normalized spacial score (nSPS) is 19.1. The van der Waals surface area contributed by atoms with Crippen molar-refractivity contribution in [2.75, 3.05) is 32.4 Å². The number of rotatable bonds is 6. The van der Waals surface area contributed by atoms with Crippen molar-refractivity contribution in [1.29, 1.82) is 0 Å². The Hall–Kier alpha value is -0.660. The number of sulfonamides is 1. The molecule has 7 heteroatoms. The number of piperidine rings is 1. The first-order chi connectivity index (χ1) is 9.51. The van der Waals surface area contributed by atoms with E-state index >= 15 is 0 Å². The van der Waals surface area contributed by atoms with Gasteiger partial charge in [-0.25, -0.2) is 12.7 Å². The van der Waals surface area contributed by atoms with Gasteiger partial charge in [-0.15, -0.1) is 0 Å². The summed E-state index contributed by atoms with van der Waals surface area (Å²) in [4.78, 5) is 12.5. The number of aliphatic carboxylic acids is 1. The van der Waals surface area contributed by atoms with Gasteiger partial charge in [0.2, 0.25) is 10.0 Å². The van der Waals surface area contributed by atoms with Crippen LogP contribution in [0, 0.1) is 5.41 Å². The summed E-state index contributed by atoms with van der Waals surface area (Å²) < 4.78 is 26.2. The molecule has 124 valence electrons. The van der Waals surface area contributed by atoms with E-state index in [0.29, 0.717) is 32.4 Å². The first kappa shape index (κ1) is 18.4. The summed E-state index contributed by atoms with van der Waals surface area (Å²) in [5, 5.41) is 8.79. The summed E-state index contributed by atoms with van der Waals surface area (Å²) in [6.07, 6.45) is 2.03. The van der Waals surface area contributed by atoms with Gasteiger partial charge >= 0.3 is 5.97 Å². The smallest absolute Gasteiger partial charge is 0.317 e. The highest BCUT2D eigenvalue weighted by Gasteiger charge is 2.30. The molecule has 1 aliphatic heterocycles. The predicted molar refractivity (Wildman–Crippen MR) is 82.7 cm³/mol. The lowest BCUT2D eigenvalue weighted by Crippen LogP contribution is -2.47. The lowest BCUT2D eigenvalue weighted by molar-refractivity contribution is -0.138. The number of nitrogens with zero attached hydrogens (tertiary/aromatic N) is 2. The third-order valence-electron chi connectivity index (χ3n) is 3.93. The molecule has 0 amide bonds. The molecule has 0 aromatic rings. The molecular formula is C14H28N2O4S. The maximum Gasteiger partial charge on any atom is 0.317 e. The summed E-state index contributed by atoms with van der Waals surface area (Å²) >= 11 is 0. The molecule has 0 spiro atoms. The molecular weight excluding hydrogens is 292 g/mol. The van der Waals surface area contributed by atoms with Crippen LogP contribution in [0.4, 0.5) is 0 Å². The summed E-state index contributed by atoms with van der Waals surface area (Å²) in [6.45, 7) is 7.09.